The minimum Gasteiger partial charge on any atom is -0.490 e. The van der Waals surface area contributed by atoms with E-state index in [4.69, 9.17) is 4.74 Å². The molecule has 0 spiro atoms. The van der Waals surface area contributed by atoms with Crippen molar-refractivity contribution in [2.75, 3.05) is 13.1 Å². The van der Waals surface area contributed by atoms with E-state index in [9.17, 15) is 4.79 Å². The van der Waals surface area contributed by atoms with Gasteiger partial charge in [0.15, 0.2) is 0 Å². The van der Waals surface area contributed by atoms with Crippen LogP contribution >= 0.6 is 0 Å². The van der Waals surface area contributed by atoms with Crippen molar-refractivity contribution in [1.29, 1.82) is 0 Å². The number of hydrogen-bond acceptors (Lipinski definition) is 3. The quantitative estimate of drug-likeness (QED) is 0.806. The smallest absolute Gasteiger partial charge is 0.255 e. The molecule has 1 fully saturated rings. The van der Waals surface area contributed by atoms with Gasteiger partial charge in [-0.2, -0.15) is 0 Å². The number of ether oxygens (including phenoxy) is 1. The van der Waals surface area contributed by atoms with Gasteiger partial charge in [-0.15, -0.1) is 0 Å². The van der Waals surface area contributed by atoms with Gasteiger partial charge < -0.3 is 15.0 Å². The van der Waals surface area contributed by atoms with E-state index in [2.05, 4.69) is 17.2 Å². The van der Waals surface area contributed by atoms with Crippen LogP contribution in [-0.2, 0) is 0 Å². The highest BCUT2D eigenvalue weighted by atomic mass is 16.5. The molecule has 4 heteroatoms. The number of nitrogens with one attached hydrogen (secondary N) is 2. The third-order valence-electron chi connectivity index (χ3n) is 4.40. The van der Waals surface area contributed by atoms with Crippen LogP contribution in [0.2, 0.25) is 0 Å². The fourth-order valence-corrected chi connectivity index (χ4v) is 3.24. The molecular formula is C18H24N2O2. The van der Waals surface area contributed by atoms with Crippen LogP contribution in [0, 0.1) is 5.92 Å². The minimum atomic E-state index is -0.0491. The number of aromatic amines is 1. The molecule has 1 aliphatic rings. The van der Waals surface area contributed by atoms with E-state index < -0.39 is 0 Å². The van der Waals surface area contributed by atoms with Crippen molar-refractivity contribution in [3.05, 3.63) is 40.8 Å². The summed E-state index contributed by atoms with van der Waals surface area (Å²) < 4.78 is 6.12. The maximum absolute atomic E-state index is 11.7. The molecule has 3 rings (SSSR count). The lowest BCUT2D eigenvalue weighted by atomic mass is 10.1. The molecule has 1 saturated carbocycles. The first-order chi connectivity index (χ1) is 10.8. The number of H-pyrrole nitrogens is 1. The zero-order chi connectivity index (χ0) is 15.4. The monoisotopic (exact) mass is 300 g/mol. The van der Waals surface area contributed by atoms with Gasteiger partial charge >= 0.3 is 0 Å². The molecule has 0 saturated heterocycles. The molecule has 1 heterocycles. The van der Waals surface area contributed by atoms with Gasteiger partial charge in [-0.25, -0.2) is 0 Å². The molecule has 1 aliphatic carbocycles. The summed E-state index contributed by atoms with van der Waals surface area (Å²) in [4.78, 5) is 14.4. The predicted octanol–water partition coefficient (Wildman–Crippen LogP) is 3.08. The van der Waals surface area contributed by atoms with Gasteiger partial charge in [0.2, 0.25) is 0 Å². The van der Waals surface area contributed by atoms with E-state index in [1.807, 2.05) is 24.3 Å². The Labute approximate surface area is 130 Å². The molecule has 0 bridgehead atoms. The average molecular weight is 300 g/mol. The lowest BCUT2D eigenvalue weighted by Crippen LogP contribution is -2.23. The first kappa shape index (κ1) is 15.1. The Morgan fingerprint density at radius 2 is 2.23 bits per heavy atom. The molecule has 2 N–H and O–H groups in total. The van der Waals surface area contributed by atoms with E-state index in [0.29, 0.717) is 11.5 Å². The minimum absolute atomic E-state index is 0.0491. The number of hydrogen-bond donors (Lipinski definition) is 2. The Morgan fingerprint density at radius 3 is 3.09 bits per heavy atom. The first-order valence-corrected chi connectivity index (χ1v) is 8.25. The van der Waals surface area contributed by atoms with Crippen molar-refractivity contribution < 1.29 is 4.74 Å². The topological polar surface area (TPSA) is 54.1 Å². The highest BCUT2D eigenvalue weighted by Crippen LogP contribution is 2.29. The van der Waals surface area contributed by atoms with E-state index in [1.165, 1.54) is 12.8 Å². The van der Waals surface area contributed by atoms with Crippen molar-refractivity contribution in [3.63, 3.8) is 0 Å². The SMILES string of the molecule is CCCNCC1CCC(Oc2ccc3c(=O)[nH]ccc3c2)C1. The summed E-state index contributed by atoms with van der Waals surface area (Å²) in [5.41, 5.74) is -0.0491. The molecule has 0 aliphatic heterocycles. The number of pyridine rings is 1. The highest BCUT2D eigenvalue weighted by Gasteiger charge is 2.25. The number of aromatic nitrogens is 1. The Balaban J connectivity index is 1.61. The zero-order valence-electron chi connectivity index (χ0n) is 13.1. The molecule has 1 aromatic carbocycles. The zero-order valence-corrected chi connectivity index (χ0v) is 13.1. The molecular weight excluding hydrogens is 276 g/mol. The van der Waals surface area contributed by atoms with Crippen molar-refractivity contribution in [1.82, 2.24) is 10.3 Å². The van der Waals surface area contributed by atoms with Crippen LogP contribution in [0.15, 0.2) is 35.3 Å². The van der Waals surface area contributed by atoms with Crippen LogP contribution in [0.25, 0.3) is 10.8 Å². The Bertz CT molecular complexity index is 680. The van der Waals surface area contributed by atoms with Gasteiger partial charge in [-0.05, 0) is 74.3 Å². The fraction of sp³-hybridized carbons (Fsp3) is 0.500. The molecule has 118 valence electrons. The maximum atomic E-state index is 11.7. The predicted molar refractivity (Wildman–Crippen MR) is 89.5 cm³/mol. The summed E-state index contributed by atoms with van der Waals surface area (Å²) in [6, 6.07) is 7.63. The van der Waals surface area contributed by atoms with Crippen LogP contribution in [0.5, 0.6) is 5.75 Å². The summed E-state index contributed by atoms with van der Waals surface area (Å²) in [6.45, 7) is 4.39. The Kier molecular flexibility index (Phi) is 4.78. The van der Waals surface area contributed by atoms with Gasteiger partial charge in [-0.1, -0.05) is 6.92 Å². The Morgan fingerprint density at radius 1 is 1.32 bits per heavy atom. The standard InChI is InChI=1S/C18H24N2O2/c1-2-8-19-12-13-3-4-15(10-13)22-16-5-6-17-14(11-16)7-9-20-18(17)21/h5-7,9,11,13,15,19H,2-4,8,10,12H2,1H3,(H,20,21). The van der Waals surface area contributed by atoms with Crippen molar-refractivity contribution in [2.45, 2.75) is 38.7 Å². The molecule has 4 nitrogen and oxygen atoms in total. The fourth-order valence-electron chi connectivity index (χ4n) is 3.24. The summed E-state index contributed by atoms with van der Waals surface area (Å²) in [7, 11) is 0. The maximum Gasteiger partial charge on any atom is 0.255 e. The van der Waals surface area contributed by atoms with E-state index >= 15 is 0 Å². The number of benzene rings is 1. The molecule has 0 amide bonds. The van der Waals surface area contributed by atoms with Crippen LogP contribution < -0.4 is 15.6 Å². The van der Waals surface area contributed by atoms with E-state index in [1.54, 1.807) is 6.20 Å². The molecule has 2 aromatic rings. The number of rotatable bonds is 6. The van der Waals surface area contributed by atoms with Gasteiger partial charge in [-0.3, -0.25) is 4.79 Å². The second-order valence-electron chi connectivity index (χ2n) is 6.18. The highest BCUT2D eigenvalue weighted by molar-refractivity contribution is 5.82. The average Bonchev–Trinajstić information content (AvgIpc) is 2.95. The van der Waals surface area contributed by atoms with Gasteiger partial charge in [0.1, 0.15) is 5.75 Å². The first-order valence-electron chi connectivity index (χ1n) is 8.25. The summed E-state index contributed by atoms with van der Waals surface area (Å²) >= 11 is 0. The molecule has 2 atom stereocenters. The second kappa shape index (κ2) is 6.97. The number of fused-ring (bicyclic) bond motifs is 1. The second-order valence-corrected chi connectivity index (χ2v) is 6.18. The van der Waals surface area contributed by atoms with Crippen molar-refractivity contribution >= 4 is 10.8 Å². The lowest BCUT2D eigenvalue weighted by Gasteiger charge is -2.15. The third-order valence-corrected chi connectivity index (χ3v) is 4.40. The van der Waals surface area contributed by atoms with Gasteiger partial charge in [0, 0.05) is 11.6 Å². The van der Waals surface area contributed by atoms with Crippen LogP contribution in [-0.4, -0.2) is 24.2 Å². The molecule has 1 aromatic heterocycles. The lowest BCUT2D eigenvalue weighted by molar-refractivity contribution is 0.204. The van der Waals surface area contributed by atoms with E-state index in [-0.39, 0.29) is 5.56 Å². The third kappa shape index (κ3) is 3.50. The normalized spacial score (nSPS) is 21.3. The summed E-state index contributed by atoms with van der Waals surface area (Å²) in [6.07, 6.45) is 6.63. The van der Waals surface area contributed by atoms with Crippen molar-refractivity contribution in [2.24, 2.45) is 5.92 Å². The van der Waals surface area contributed by atoms with Crippen LogP contribution in [0.3, 0.4) is 0 Å². The van der Waals surface area contributed by atoms with E-state index in [0.717, 1.165) is 43.0 Å². The van der Waals surface area contributed by atoms with Crippen LogP contribution in [0.4, 0.5) is 0 Å². The summed E-state index contributed by atoms with van der Waals surface area (Å²) in [5, 5.41) is 5.14. The molecule has 22 heavy (non-hydrogen) atoms. The van der Waals surface area contributed by atoms with Crippen LogP contribution in [0.1, 0.15) is 32.6 Å². The molecule has 0 radical (unpaired) electrons. The van der Waals surface area contributed by atoms with Crippen molar-refractivity contribution in [3.8, 4) is 5.75 Å². The van der Waals surface area contributed by atoms with Gasteiger partial charge in [0.25, 0.3) is 5.56 Å². The Hall–Kier alpha value is -1.81. The largest absolute Gasteiger partial charge is 0.490 e. The van der Waals surface area contributed by atoms with Gasteiger partial charge in [0.05, 0.1) is 6.10 Å². The molecule has 2 unspecified atom stereocenters. The summed E-state index contributed by atoms with van der Waals surface area (Å²) in [5.74, 6) is 1.59.